The largest absolute Gasteiger partial charge is 0.345 e. The van der Waals surface area contributed by atoms with E-state index in [9.17, 15) is 4.79 Å². The Morgan fingerprint density at radius 3 is 3.00 bits per heavy atom. The van der Waals surface area contributed by atoms with Crippen molar-refractivity contribution in [1.29, 1.82) is 0 Å². The summed E-state index contributed by atoms with van der Waals surface area (Å²) in [7, 11) is 0. The maximum Gasteiger partial charge on any atom is 0.161 e. The van der Waals surface area contributed by atoms with E-state index in [1.165, 1.54) is 0 Å². The number of fused-ring (bicyclic) bond motifs is 1. The van der Waals surface area contributed by atoms with E-state index in [0.29, 0.717) is 0 Å². The number of pyridine rings is 1. The average molecular weight is 202 g/mol. The molecular formula is C12H14N2O. The minimum Gasteiger partial charge on any atom is -0.345 e. The van der Waals surface area contributed by atoms with Crippen molar-refractivity contribution in [2.75, 3.05) is 0 Å². The minimum atomic E-state index is 0.112. The molecule has 0 atom stereocenters. The van der Waals surface area contributed by atoms with E-state index >= 15 is 0 Å². The molecule has 0 spiro atoms. The predicted octanol–water partition coefficient (Wildman–Crippen LogP) is 2.65. The third-order valence-electron chi connectivity index (χ3n) is 2.53. The zero-order chi connectivity index (χ0) is 10.8. The van der Waals surface area contributed by atoms with E-state index in [2.05, 4.69) is 16.5 Å². The Hall–Kier alpha value is -1.64. The molecule has 0 aliphatic heterocycles. The summed E-state index contributed by atoms with van der Waals surface area (Å²) >= 11 is 0. The van der Waals surface area contributed by atoms with E-state index in [0.717, 1.165) is 29.4 Å². The molecule has 0 saturated heterocycles. The summed E-state index contributed by atoms with van der Waals surface area (Å²) < 4.78 is 2.10. The molecule has 0 radical (unpaired) electrons. The summed E-state index contributed by atoms with van der Waals surface area (Å²) in [6.45, 7) is 4.65. The van der Waals surface area contributed by atoms with Gasteiger partial charge in [0.1, 0.15) is 0 Å². The van der Waals surface area contributed by atoms with Crippen LogP contribution in [0.4, 0.5) is 0 Å². The molecule has 0 saturated carbocycles. The number of hydrogen-bond donors (Lipinski definition) is 0. The van der Waals surface area contributed by atoms with Gasteiger partial charge in [-0.1, -0.05) is 6.92 Å². The van der Waals surface area contributed by atoms with Gasteiger partial charge < -0.3 is 4.57 Å². The Morgan fingerprint density at radius 2 is 2.33 bits per heavy atom. The summed E-state index contributed by atoms with van der Waals surface area (Å²) in [4.78, 5) is 15.5. The van der Waals surface area contributed by atoms with Gasteiger partial charge in [0.15, 0.2) is 5.78 Å². The van der Waals surface area contributed by atoms with Gasteiger partial charge in [0, 0.05) is 29.9 Å². The second-order valence-corrected chi connectivity index (χ2v) is 3.69. The Kier molecular flexibility index (Phi) is 2.54. The van der Waals surface area contributed by atoms with Crippen LogP contribution < -0.4 is 0 Å². The van der Waals surface area contributed by atoms with Crippen LogP contribution in [0.3, 0.4) is 0 Å². The SMILES string of the molecule is CCCn1cc(C(C)=O)c2ccncc21. The first kappa shape index (κ1) is 9.90. The van der Waals surface area contributed by atoms with E-state index < -0.39 is 0 Å². The molecule has 0 aromatic carbocycles. The molecule has 2 aromatic heterocycles. The normalized spacial score (nSPS) is 10.8. The lowest BCUT2D eigenvalue weighted by molar-refractivity contribution is 0.101. The van der Waals surface area contributed by atoms with Gasteiger partial charge in [0.25, 0.3) is 0 Å². The van der Waals surface area contributed by atoms with Crippen molar-refractivity contribution in [3.8, 4) is 0 Å². The number of carbonyl (C=O) groups is 1. The van der Waals surface area contributed by atoms with Crippen LogP contribution in [-0.4, -0.2) is 15.3 Å². The van der Waals surface area contributed by atoms with Crippen LogP contribution in [0, 0.1) is 0 Å². The Balaban J connectivity index is 2.67. The van der Waals surface area contributed by atoms with Crippen LogP contribution in [0.15, 0.2) is 24.7 Å². The summed E-state index contributed by atoms with van der Waals surface area (Å²) in [6, 6.07) is 1.90. The summed E-state index contributed by atoms with van der Waals surface area (Å²) in [5, 5.41) is 1.01. The maximum absolute atomic E-state index is 11.4. The van der Waals surface area contributed by atoms with Crippen molar-refractivity contribution < 1.29 is 4.79 Å². The third kappa shape index (κ3) is 1.65. The molecule has 78 valence electrons. The van der Waals surface area contributed by atoms with E-state index in [4.69, 9.17) is 0 Å². The number of aryl methyl sites for hydroxylation is 1. The second-order valence-electron chi connectivity index (χ2n) is 3.69. The van der Waals surface area contributed by atoms with Gasteiger partial charge in [0.05, 0.1) is 11.7 Å². The highest BCUT2D eigenvalue weighted by Crippen LogP contribution is 2.20. The van der Waals surface area contributed by atoms with Gasteiger partial charge in [-0.3, -0.25) is 9.78 Å². The molecule has 15 heavy (non-hydrogen) atoms. The van der Waals surface area contributed by atoms with Crippen LogP contribution in [0.25, 0.3) is 10.9 Å². The van der Waals surface area contributed by atoms with Crippen LogP contribution >= 0.6 is 0 Å². The maximum atomic E-state index is 11.4. The molecule has 0 amide bonds. The summed E-state index contributed by atoms with van der Waals surface area (Å²) in [5.41, 5.74) is 1.84. The zero-order valence-corrected chi connectivity index (χ0v) is 9.03. The second kappa shape index (κ2) is 3.85. The Labute approximate surface area is 88.7 Å². The number of hydrogen-bond acceptors (Lipinski definition) is 2. The topological polar surface area (TPSA) is 34.9 Å². The van der Waals surface area contributed by atoms with Crippen molar-refractivity contribution in [1.82, 2.24) is 9.55 Å². The lowest BCUT2D eigenvalue weighted by Crippen LogP contribution is -1.94. The van der Waals surface area contributed by atoms with Crippen molar-refractivity contribution in [2.24, 2.45) is 0 Å². The monoisotopic (exact) mass is 202 g/mol. The zero-order valence-electron chi connectivity index (χ0n) is 9.03. The molecule has 2 aromatic rings. The minimum absolute atomic E-state index is 0.112. The molecule has 0 bridgehead atoms. The molecule has 0 unspecified atom stereocenters. The third-order valence-corrected chi connectivity index (χ3v) is 2.53. The quantitative estimate of drug-likeness (QED) is 0.717. The van der Waals surface area contributed by atoms with Gasteiger partial charge in [-0.05, 0) is 19.4 Å². The van der Waals surface area contributed by atoms with Gasteiger partial charge in [-0.15, -0.1) is 0 Å². The van der Waals surface area contributed by atoms with Crippen LogP contribution in [0.1, 0.15) is 30.6 Å². The summed E-state index contributed by atoms with van der Waals surface area (Å²) in [6.07, 6.45) is 6.52. The first-order valence-corrected chi connectivity index (χ1v) is 5.18. The van der Waals surface area contributed by atoms with E-state index in [1.54, 1.807) is 13.1 Å². The van der Waals surface area contributed by atoms with Gasteiger partial charge in [0.2, 0.25) is 0 Å². The van der Waals surface area contributed by atoms with Crippen LogP contribution in [-0.2, 0) is 6.54 Å². The molecular weight excluding hydrogens is 188 g/mol. The highest BCUT2D eigenvalue weighted by atomic mass is 16.1. The molecule has 3 nitrogen and oxygen atoms in total. The predicted molar refractivity (Wildman–Crippen MR) is 60.0 cm³/mol. The van der Waals surface area contributed by atoms with Crippen molar-refractivity contribution in [2.45, 2.75) is 26.8 Å². The molecule has 3 heteroatoms. The first-order valence-electron chi connectivity index (χ1n) is 5.18. The Morgan fingerprint density at radius 1 is 1.53 bits per heavy atom. The molecule has 0 aliphatic carbocycles. The number of aromatic nitrogens is 2. The summed E-state index contributed by atoms with van der Waals surface area (Å²) in [5.74, 6) is 0.112. The van der Waals surface area contributed by atoms with Crippen molar-refractivity contribution >= 4 is 16.7 Å². The molecule has 2 heterocycles. The standard InChI is InChI=1S/C12H14N2O/c1-3-6-14-8-11(9(2)15)10-4-5-13-7-12(10)14/h4-5,7-8H,3,6H2,1-2H3. The van der Waals surface area contributed by atoms with Gasteiger partial charge in [-0.25, -0.2) is 0 Å². The Bertz CT molecular complexity index is 499. The number of ketones is 1. The number of rotatable bonds is 3. The molecule has 0 N–H and O–H groups in total. The van der Waals surface area contributed by atoms with Crippen LogP contribution in [0.2, 0.25) is 0 Å². The smallest absolute Gasteiger partial charge is 0.161 e. The van der Waals surface area contributed by atoms with Crippen molar-refractivity contribution in [3.63, 3.8) is 0 Å². The van der Waals surface area contributed by atoms with Crippen molar-refractivity contribution in [3.05, 3.63) is 30.2 Å². The van der Waals surface area contributed by atoms with Gasteiger partial charge >= 0.3 is 0 Å². The first-order chi connectivity index (χ1) is 7.24. The number of carbonyl (C=O) groups excluding carboxylic acids is 1. The highest BCUT2D eigenvalue weighted by Gasteiger charge is 2.10. The lowest BCUT2D eigenvalue weighted by atomic mass is 10.1. The van der Waals surface area contributed by atoms with Gasteiger partial charge in [-0.2, -0.15) is 0 Å². The molecule has 2 rings (SSSR count). The van der Waals surface area contributed by atoms with E-state index in [-0.39, 0.29) is 5.78 Å². The fourth-order valence-electron chi connectivity index (χ4n) is 1.84. The fraction of sp³-hybridized carbons (Fsp3) is 0.333. The number of Topliss-reactive ketones (excluding diaryl/α,β-unsaturated/α-hetero) is 1. The van der Waals surface area contributed by atoms with Crippen LogP contribution in [0.5, 0.6) is 0 Å². The molecule has 0 aliphatic rings. The highest BCUT2D eigenvalue weighted by molar-refractivity contribution is 6.06. The average Bonchev–Trinajstić information content (AvgIpc) is 2.59. The fourth-order valence-corrected chi connectivity index (χ4v) is 1.84. The number of nitrogens with zero attached hydrogens (tertiary/aromatic N) is 2. The lowest BCUT2D eigenvalue weighted by Gasteiger charge is -2.00. The van der Waals surface area contributed by atoms with E-state index in [1.807, 2.05) is 18.5 Å². The molecule has 0 fully saturated rings.